The van der Waals surface area contributed by atoms with Crippen molar-refractivity contribution >= 4 is 47.4 Å². The monoisotopic (exact) mass is 675 g/mol. The first kappa shape index (κ1) is 42.6. The lowest BCUT2D eigenvalue weighted by Gasteiger charge is -2.27. The van der Waals surface area contributed by atoms with Gasteiger partial charge in [0.15, 0.2) is 0 Å². The fourth-order valence-corrected chi connectivity index (χ4v) is 3.92. The molecular formula is C28H49N7O12. The van der Waals surface area contributed by atoms with Gasteiger partial charge in [-0.25, -0.2) is 4.79 Å². The van der Waals surface area contributed by atoms with E-state index in [1.165, 1.54) is 6.92 Å². The van der Waals surface area contributed by atoms with Crippen LogP contribution in [0.4, 0.5) is 0 Å². The third-order valence-corrected chi connectivity index (χ3v) is 6.95. The van der Waals surface area contributed by atoms with E-state index < -0.39 is 109 Å². The molecule has 0 unspecified atom stereocenters. The fraction of sp³-hybridized carbons (Fsp3) is 0.714. The fourth-order valence-electron chi connectivity index (χ4n) is 3.92. The molecule has 0 aliphatic heterocycles. The number of hydrogen-bond donors (Lipinski definition) is 11. The minimum atomic E-state index is -1.54. The number of rotatable bonds is 22. The molecule has 19 heteroatoms. The van der Waals surface area contributed by atoms with Crippen molar-refractivity contribution in [3.8, 4) is 0 Å². The number of aliphatic carboxylic acids is 2. The van der Waals surface area contributed by atoms with Gasteiger partial charge in [0.2, 0.25) is 35.4 Å². The summed E-state index contributed by atoms with van der Waals surface area (Å²) in [5.41, 5.74) is 5.60. The number of carboxylic acids is 2. The molecule has 0 bridgehead atoms. The zero-order valence-corrected chi connectivity index (χ0v) is 27.2. The molecule has 47 heavy (non-hydrogen) atoms. The Balaban J connectivity index is 5.24. The van der Waals surface area contributed by atoms with Gasteiger partial charge in [0.1, 0.15) is 30.2 Å². The Bertz CT molecular complexity index is 1120. The Labute approximate surface area is 272 Å². The number of hydrogen-bond acceptors (Lipinski definition) is 11. The van der Waals surface area contributed by atoms with E-state index in [9.17, 15) is 53.7 Å². The Morgan fingerprint density at radius 2 is 1.21 bits per heavy atom. The number of nitrogens with two attached hydrogens (primary N) is 1. The Morgan fingerprint density at radius 1 is 0.681 bits per heavy atom. The van der Waals surface area contributed by atoms with Gasteiger partial charge in [-0.15, -0.1) is 0 Å². The smallest absolute Gasteiger partial charge is 0.326 e. The highest BCUT2D eigenvalue weighted by atomic mass is 16.4. The second-order valence-corrected chi connectivity index (χ2v) is 11.4. The third-order valence-electron chi connectivity index (χ3n) is 6.95. The van der Waals surface area contributed by atoms with Crippen molar-refractivity contribution in [3.05, 3.63) is 0 Å². The topological polar surface area (TPSA) is 316 Å². The molecule has 0 fully saturated rings. The van der Waals surface area contributed by atoms with Gasteiger partial charge in [-0.2, -0.15) is 0 Å². The quantitative estimate of drug-likeness (QED) is 0.0520. The number of amides is 6. The Kier molecular flexibility index (Phi) is 19.4. The van der Waals surface area contributed by atoms with Crippen LogP contribution < -0.4 is 37.6 Å². The average molecular weight is 676 g/mol. The van der Waals surface area contributed by atoms with Gasteiger partial charge < -0.3 is 58.1 Å². The summed E-state index contributed by atoms with van der Waals surface area (Å²) < 4.78 is 0. The van der Waals surface area contributed by atoms with E-state index in [0.717, 1.165) is 0 Å². The van der Waals surface area contributed by atoms with Crippen LogP contribution in [0.2, 0.25) is 0 Å². The lowest BCUT2D eigenvalue weighted by atomic mass is 9.97. The molecule has 0 aromatic carbocycles. The Morgan fingerprint density at radius 3 is 1.70 bits per heavy atom. The zero-order valence-electron chi connectivity index (χ0n) is 27.2. The van der Waals surface area contributed by atoms with Crippen molar-refractivity contribution in [3.63, 3.8) is 0 Å². The van der Waals surface area contributed by atoms with Crippen LogP contribution in [-0.2, 0) is 38.4 Å². The number of carbonyl (C=O) groups is 8. The predicted octanol–water partition coefficient (Wildman–Crippen LogP) is -4.10. The highest BCUT2D eigenvalue weighted by molar-refractivity contribution is 5.96. The SMILES string of the molecule is CC[C@H](C)[C@H](NC(=O)CNC(=O)[C@H](CO)NC(=O)[C@H](C)NC(=O)[C@@H](N)CCC(=O)O)C(=O)N[C@@H](CO)C(=O)N[C@@H](CC(C)C)C(=O)O. The summed E-state index contributed by atoms with van der Waals surface area (Å²) in [5, 5.41) is 51.1. The van der Waals surface area contributed by atoms with Crippen molar-refractivity contribution < 1.29 is 58.8 Å². The number of aliphatic hydroxyl groups excluding tert-OH is 2. The number of carbonyl (C=O) groups excluding carboxylic acids is 6. The first-order valence-electron chi connectivity index (χ1n) is 15.1. The lowest BCUT2D eigenvalue weighted by Crippen LogP contribution is -2.59. The van der Waals surface area contributed by atoms with Crippen molar-refractivity contribution in [1.29, 1.82) is 0 Å². The van der Waals surface area contributed by atoms with Crippen molar-refractivity contribution in [1.82, 2.24) is 31.9 Å². The number of aliphatic hydroxyl groups is 2. The summed E-state index contributed by atoms with van der Waals surface area (Å²) in [6.07, 6.45) is -0.0618. The van der Waals surface area contributed by atoms with Gasteiger partial charge >= 0.3 is 11.9 Å². The van der Waals surface area contributed by atoms with E-state index >= 15 is 0 Å². The second kappa shape index (κ2) is 21.4. The van der Waals surface area contributed by atoms with E-state index in [4.69, 9.17) is 10.8 Å². The highest BCUT2D eigenvalue weighted by Gasteiger charge is 2.32. The molecule has 0 aromatic heterocycles. The van der Waals surface area contributed by atoms with Gasteiger partial charge in [0.05, 0.1) is 25.8 Å². The molecule has 0 aromatic rings. The molecule has 0 aliphatic carbocycles. The lowest BCUT2D eigenvalue weighted by molar-refractivity contribution is -0.143. The van der Waals surface area contributed by atoms with E-state index in [-0.39, 0.29) is 25.2 Å². The normalized spacial score (nSPS) is 15.4. The largest absolute Gasteiger partial charge is 0.481 e. The number of carboxylic acid groups (broad SMARTS) is 2. The minimum Gasteiger partial charge on any atom is -0.481 e. The van der Waals surface area contributed by atoms with Gasteiger partial charge in [-0.3, -0.25) is 33.6 Å². The third kappa shape index (κ3) is 16.2. The maximum absolute atomic E-state index is 13.0. The maximum Gasteiger partial charge on any atom is 0.326 e. The van der Waals surface area contributed by atoms with Crippen LogP contribution in [0.25, 0.3) is 0 Å². The van der Waals surface area contributed by atoms with Gasteiger partial charge in [-0.05, 0) is 31.6 Å². The van der Waals surface area contributed by atoms with E-state index in [2.05, 4.69) is 31.9 Å². The van der Waals surface area contributed by atoms with Crippen LogP contribution in [0.3, 0.4) is 0 Å². The average Bonchev–Trinajstić information content (AvgIpc) is 3.00. The van der Waals surface area contributed by atoms with Gasteiger partial charge in [0.25, 0.3) is 0 Å². The predicted molar refractivity (Wildman–Crippen MR) is 164 cm³/mol. The molecule has 268 valence electrons. The van der Waals surface area contributed by atoms with Crippen LogP contribution in [0.15, 0.2) is 0 Å². The van der Waals surface area contributed by atoms with Crippen molar-refractivity contribution in [2.75, 3.05) is 19.8 Å². The summed E-state index contributed by atoms with van der Waals surface area (Å²) in [6.45, 7) is 5.66. The summed E-state index contributed by atoms with van der Waals surface area (Å²) >= 11 is 0. The van der Waals surface area contributed by atoms with Crippen LogP contribution in [0.5, 0.6) is 0 Å². The summed E-state index contributed by atoms with van der Waals surface area (Å²) in [5.74, 6) is -8.36. The van der Waals surface area contributed by atoms with Crippen LogP contribution in [0.1, 0.15) is 60.3 Å². The second-order valence-electron chi connectivity index (χ2n) is 11.4. The summed E-state index contributed by atoms with van der Waals surface area (Å²) in [4.78, 5) is 97.6. The molecule has 0 heterocycles. The molecule has 0 saturated carbocycles. The molecule has 0 radical (unpaired) electrons. The molecule has 0 aliphatic rings. The van der Waals surface area contributed by atoms with Crippen LogP contribution in [-0.4, -0.2) is 124 Å². The molecule has 0 saturated heterocycles. The summed E-state index contributed by atoms with van der Waals surface area (Å²) in [7, 11) is 0. The number of nitrogens with one attached hydrogen (secondary N) is 6. The molecule has 0 spiro atoms. The highest BCUT2D eigenvalue weighted by Crippen LogP contribution is 2.09. The van der Waals surface area contributed by atoms with Gasteiger partial charge in [0, 0.05) is 6.42 Å². The van der Waals surface area contributed by atoms with E-state index in [0.29, 0.717) is 6.42 Å². The molecule has 6 amide bonds. The van der Waals surface area contributed by atoms with Crippen LogP contribution in [0, 0.1) is 11.8 Å². The zero-order chi connectivity index (χ0) is 36.4. The first-order chi connectivity index (χ1) is 21.9. The summed E-state index contributed by atoms with van der Waals surface area (Å²) in [6, 6.07) is -8.00. The Hall–Kier alpha value is -4.36. The molecular weight excluding hydrogens is 626 g/mol. The van der Waals surface area contributed by atoms with E-state index in [1.54, 1.807) is 27.7 Å². The van der Waals surface area contributed by atoms with E-state index in [1.807, 2.05) is 0 Å². The first-order valence-corrected chi connectivity index (χ1v) is 15.1. The molecule has 12 N–H and O–H groups in total. The molecule has 19 nitrogen and oxygen atoms in total. The molecule has 0 rings (SSSR count). The van der Waals surface area contributed by atoms with Crippen molar-refractivity contribution in [2.24, 2.45) is 17.6 Å². The maximum atomic E-state index is 13.0. The van der Waals surface area contributed by atoms with Crippen molar-refractivity contribution in [2.45, 2.75) is 96.6 Å². The van der Waals surface area contributed by atoms with Gasteiger partial charge in [-0.1, -0.05) is 34.1 Å². The minimum absolute atomic E-state index is 0.0771. The van der Waals surface area contributed by atoms with Crippen LogP contribution >= 0.6 is 0 Å². The molecule has 7 atom stereocenters. The standard InChI is InChI=1S/C28H49N7O12/c1-6-14(4)22(27(45)34-19(12-37)26(44)32-17(28(46)47)9-13(2)3)35-20(38)10-30-25(43)18(11-36)33-23(41)15(5)31-24(42)16(29)7-8-21(39)40/h13-19,22,36-37H,6-12,29H2,1-5H3,(H,30,43)(H,31,42)(H,32,44)(H,33,41)(H,34,45)(H,35,38)(H,39,40)(H,46,47)/t14-,15-,16-,17-,18-,19-,22-/m0/s1.